The van der Waals surface area contributed by atoms with Crippen molar-refractivity contribution in [2.45, 2.75) is 18.8 Å². The third kappa shape index (κ3) is 1.83. The maximum atomic E-state index is 13.2. The van der Waals surface area contributed by atoms with Crippen LogP contribution in [-0.2, 0) is 9.59 Å². The highest BCUT2D eigenvalue weighted by molar-refractivity contribution is 6.41. The van der Waals surface area contributed by atoms with Crippen LogP contribution in [0.1, 0.15) is 29.9 Å². The summed E-state index contributed by atoms with van der Waals surface area (Å²) in [5.74, 6) is -0.139. The van der Waals surface area contributed by atoms with E-state index in [0.29, 0.717) is 5.92 Å². The van der Waals surface area contributed by atoms with E-state index >= 15 is 0 Å². The lowest BCUT2D eigenvalue weighted by molar-refractivity contribution is -0.139. The molecular formula is C22H18O2. The Kier molecular flexibility index (Phi) is 2.90. The molecule has 0 amide bonds. The standard InChI is InChI=1S/C22H18O2/c23-21(19-12-13-9-10-14(19)11-13)22(24)20-17-7-3-1-5-15(17)16-6-2-4-8-18(16)20/h1-10,13-14,19-20H,11-12H2. The molecule has 0 N–H and O–H groups in total. The average Bonchev–Trinajstić information content (AvgIpc) is 3.33. The molecule has 3 aliphatic rings. The summed E-state index contributed by atoms with van der Waals surface area (Å²) in [7, 11) is 0. The quantitative estimate of drug-likeness (QED) is 0.630. The van der Waals surface area contributed by atoms with Gasteiger partial charge in [0.25, 0.3) is 0 Å². The molecule has 3 aliphatic carbocycles. The first-order valence-corrected chi connectivity index (χ1v) is 8.68. The van der Waals surface area contributed by atoms with Gasteiger partial charge in [-0.25, -0.2) is 0 Å². The molecule has 0 aromatic heterocycles. The second-order valence-electron chi connectivity index (χ2n) is 7.22. The molecule has 2 aromatic rings. The van der Waals surface area contributed by atoms with Gasteiger partial charge in [-0.05, 0) is 46.9 Å². The van der Waals surface area contributed by atoms with Gasteiger partial charge >= 0.3 is 0 Å². The van der Waals surface area contributed by atoms with E-state index in [4.69, 9.17) is 0 Å². The molecule has 24 heavy (non-hydrogen) atoms. The van der Waals surface area contributed by atoms with Gasteiger partial charge in [0.2, 0.25) is 11.6 Å². The molecule has 1 fully saturated rings. The Morgan fingerprint density at radius 2 is 1.38 bits per heavy atom. The van der Waals surface area contributed by atoms with Gasteiger partial charge in [-0.2, -0.15) is 0 Å². The molecule has 118 valence electrons. The van der Waals surface area contributed by atoms with Gasteiger partial charge in [-0.15, -0.1) is 0 Å². The lowest BCUT2D eigenvalue weighted by Crippen LogP contribution is -2.30. The normalized spacial score (nSPS) is 26.4. The van der Waals surface area contributed by atoms with Crippen LogP contribution in [0, 0.1) is 17.8 Å². The van der Waals surface area contributed by atoms with Crippen LogP contribution in [-0.4, -0.2) is 11.6 Å². The van der Waals surface area contributed by atoms with Crippen LogP contribution in [0.15, 0.2) is 60.7 Å². The lowest BCUT2D eigenvalue weighted by atomic mass is 9.82. The average molecular weight is 314 g/mol. The molecule has 3 atom stereocenters. The van der Waals surface area contributed by atoms with Gasteiger partial charge in [0.15, 0.2) is 0 Å². The molecule has 0 radical (unpaired) electrons. The zero-order valence-corrected chi connectivity index (χ0v) is 13.3. The number of carbonyl (C=O) groups excluding carboxylic acids is 2. The Balaban J connectivity index is 1.55. The molecule has 0 spiro atoms. The number of hydrogen-bond acceptors (Lipinski definition) is 2. The number of fused-ring (bicyclic) bond motifs is 5. The largest absolute Gasteiger partial charge is 0.291 e. The predicted molar refractivity (Wildman–Crippen MR) is 92.6 cm³/mol. The Hall–Kier alpha value is -2.48. The van der Waals surface area contributed by atoms with Crippen molar-refractivity contribution in [1.29, 1.82) is 0 Å². The van der Waals surface area contributed by atoms with Crippen LogP contribution >= 0.6 is 0 Å². The molecule has 5 rings (SSSR count). The predicted octanol–water partition coefficient (Wildman–Crippen LogP) is 4.15. The Morgan fingerprint density at radius 1 is 0.750 bits per heavy atom. The van der Waals surface area contributed by atoms with E-state index in [0.717, 1.165) is 35.1 Å². The van der Waals surface area contributed by atoms with E-state index < -0.39 is 5.92 Å². The smallest absolute Gasteiger partial charge is 0.210 e. The highest BCUT2D eigenvalue weighted by atomic mass is 16.2. The first-order chi connectivity index (χ1) is 11.7. The number of benzene rings is 2. The number of hydrogen-bond donors (Lipinski definition) is 0. The summed E-state index contributed by atoms with van der Waals surface area (Å²) in [4.78, 5) is 26.1. The van der Waals surface area contributed by atoms with Gasteiger partial charge in [0.1, 0.15) is 0 Å². The van der Waals surface area contributed by atoms with Gasteiger partial charge in [-0.3, -0.25) is 9.59 Å². The summed E-state index contributed by atoms with van der Waals surface area (Å²) in [5.41, 5.74) is 4.14. The van der Waals surface area contributed by atoms with Crippen molar-refractivity contribution in [1.82, 2.24) is 0 Å². The van der Waals surface area contributed by atoms with Crippen LogP contribution in [0.3, 0.4) is 0 Å². The highest BCUT2D eigenvalue weighted by Crippen LogP contribution is 2.48. The van der Waals surface area contributed by atoms with E-state index in [-0.39, 0.29) is 23.4 Å². The third-order valence-electron chi connectivity index (χ3n) is 5.95. The number of ketones is 2. The molecule has 0 saturated heterocycles. The van der Waals surface area contributed by atoms with Crippen molar-refractivity contribution in [3.63, 3.8) is 0 Å². The van der Waals surface area contributed by atoms with E-state index in [9.17, 15) is 9.59 Å². The fraction of sp³-hybridized carbons (Fsp3) is 0.273. The van der Waals surface area contributed by atoms with Gasteiger partial charge < -0.3 is 0 Å². The minimum absolute atomic E-state index is 0.104. The molecule has 2 heteroatoms. The van der Waals surface area contributed by atoms with Crippen molar-refractivity contribution in [3.8, 4) is 11.1 Å². The molecule has 0 aliphatic heterocycles. The fourth-order valence-electron chi connectivity index (χ4n) is 4.85. The van der Waals surface area contributed by atoms with E-state index in [1.807, 2.05) is 48.5 Å². The fourth-order valence-corrected chi connectivity index (χ4v) is 4.85. The van der Waals surface area contributed by atoms with Crippen molar-refractivity contribution < 1.29 is 9.59 Å². The summed E-state index contributed by atoms with van der Waals surface area (Å²) >= 11 is 0. The van der Waals surface area contributed by atoms with Crippen LogP contribution in [0.5, 0.6) is 0 Å². The number of carbonyl (C=O) groups is 2. The second kappa shape index (κ2) is 5.01. The summed E-state index contributed by atoms with van der Waals surface area (Å²) < 4.78 is 0. The van der Waals surface area contributed by atoms with Crippen LogP contribution < -0.4 is 0 Å². The number of allylic oxidation sites excluding steroid dienone is 2. The first-order valence-electron chi connectivity index (χ1n) is 8.68. The van der Waals surface area contributed by atoms with Gasteiger partial charge in [0, 0.05) is 5.92 Å². The Bertz CT molecular complexity index is 847. The molecule has 2 bridgehead atoms. The molecule has 2 nitrogen and oxygen atoms in total. The molecular weight excluding hydrogens is 296 g/mol. The lowest BCUT2D eigenvalue weighted by Gasteiger charge is -2.19. The van der Waals surface area contributed by atoms with Crippen LogP contribution in [0.25, 0.3) is 11.1 Å². The number of rotatable bonds is 3. The second-order valence-corrected chi connectivity index (χ2v) is 7.22. The van der Waals surface area contributed by atoms with Crippen LogP contribution in [0.2, 0.25) is 0 Å². The monoisotopic (exact) mass is 314 g/mol. The SMILES string of the molecule is O=C(C(=O)C1CC2C=CC1C2)C1c2ccccc2-c2ccccc21. The van der Waals surface area contributed by atoms with Gasteiger partial charge in [0.05, 0.1) is 5.92 Å². The summed E-state index contributed by atoms with van der Waals surface area (Å²) in [6.07, 6.45) is 6.24. The molecule has 0 heterocycles. The van der Waals surface area contributed by atoms with E-state index in [1.165, 1.54) is 0 Å². The van der Waals surface area contributed by atoms with Crippen molar-refractivity contribution >= 4 is 11.6 Å². The van der Waals surface area contributed by atoms with Crippen molar-refractivity contribution in [3.05, 3.63) is 71.8 Å². The molecule has 1 saturated carbocycles. The zero-order chi connectivity index (χ0) is 16.3. The Morgan fingerprint density at radius 3 is 1.92 bits per heavy atom. The molecule has 2 aromatic carbocycles. The van der Waals surface area contributed by atoms with E-state index in [1.54, 1.807) is 0 Å². The maximum absolute atomic E-state index is 13.2. The molecule has 3 unspecified atom stereocenters. The van der Waals surface area contributed by atoms with Crippen molar-refractivity contribution in [2.24, 2.45) is 17.8 Å². The highest BCUT2D eigenvalue weighted by Gasteiger charge is 2.45. The third-order valence-corrected chi connectivity index (χ3v) is 5.95. The topological polar surface area (TPSA) is 34.1 Å². The van der Waals surface area contributed by atoms with Crippen LogP contribution in [0.4, 0.5) is 0 Å². The maximum Gasteiger partial charge on any atom is 0.210 e. The zero-order valence-electron chi connectivity index (χ0n) is 13.3. The minimum Gasteiger partial charge on any atom is -0.291 e. The van der Waals surface area contributed by atoms with Crippen molar-refractivity contribution in [2.75, 3.05) is 0 Å². The Labute approximate surface area is 141 Å². The summed E-state index contributed by atoms with van der Waals surface area (Å²) in [5, 5.41) is 0. The number of Topliss-reactive ketones (excluding diaryl/α,β-unsaturated/α-hetero) is 2. The summed E-state index contributed by atoms with van der Waals surface area (Å²) in [6, 6.07) is 16.0. The first kappa shape index (κ1) is 13.9. The van der Waals surface area contributed by atoms with Gasteiger partial charge in [-0.1, -0.05) is 60.7 Å². The minimum atomic E-state index is -0.423. The van der Waals surface area contributed by atoms with E-state index in [2.05, 4.69) is 12.2 Å². The summed E-state index contributed by atoms with van der Waals surface area (Å²) in [6.45, 7) is 0.